The van der Waals surface area contributed by atoms with Gasteiger partial charge in [-0.05, 0) is 26.2 Å². The van der Waals surface area contributed by atoms with Crippen LogP contribution in [0.4, 0.5) is 0 Å². The van der Waals surface area contributed by atoms with Gasteiger partial charge in [-0.3, -0.25) is 9.67 Å². The van der Waals surface area contributed by atoms with Gasteiger partial charge in [0.05, 0.1) is 24.9 Å². The Hall–Kier alpha value is -1.72. The van der Waals surface area contributed by atoms with E-state index in [0.717, 1.165) is 25.1 Å². The third-order valence-corrected chi connectivity index (χ3v) is 5.63. The Morgan fingerprint density at radius 1 is 1.48 bits per heavy atom. The third kappa shape index (κ3) is 7.43. The maximum absolute atomic E-state index is 12.2. The SMILES string of the molecule is CCNC(=NCCS(=O)(=O)NCC1CCCCO1)N(C)Cc1ncnn1C. The molecule has 1 fully saturated rings. The molecule has 10 nitrogen and oxygen atoms in total. The predicted octanol–water partition coefficient (Wildman–Crippen LogP) is -0.299. The summed E-state index contributed by atoms with van der Waals surface area (Å²) in [4.78, 5) is 10.5. The second-order valence-corrected chi connectivity index (χ2v) is 8.47. The van der Waals surface area contributed by atoms with Crippen molar-refractivity contribution in [1.29, 1.82) is 0 Å². The fourth-order valence-corrected chi connectivity index (χ4v) is 3.67. The second-order valence-electron chi connectivity index (χ2n) is 6.55. The van der Waals surface area contributed by atoms with E-state index in [9.17, 15) is 8.42 Å². The van der Waals surface area contributed by atoms with Crippen molar-refractivity contribution in [2.75, 3.05) is 39.0 Å². The molecule has 1 unspecified atom stereocenters. The highest BCUT2D eigenvalue weighted by Crippen LogP contribution is 2.11. The van der Waals surface area contributed by atoms with E-state index in [1.54, 1.807) is 4.68 Å². The van der Waals surface area contributed by atoms with E-state index in [0.29, 0.717) is 32.2 Å². The molecule has 2 N–H and O–H groups in total. The summed E-state index contributed by atoms with van der Waals surface area (Å²) >= 11 is 0. The van der Waals surface area contributed by atoms with Crippen molar-refractivity contribution in [1.82, 2.24) is 29.7 Å². The molecule has 0 saturated carbocycles. The van der Waals surface area contributed by atoms with Crippen molar-refractivity contribution in [2.45, 2.75) is 38.8 Å². The first-order chi connectivity index (χ1) is 12.9. The molecule has 0 radical (unpaired) electrons. The van der Waals surface area contributed by atoms with Gasteiger partial charge >= 0.3 is 0 Å². The number of guanidine groups is 1. The summed E-state index contributed by atoms with van der Waals surface area (Å²) in [5.41, 5.74) is 0. The summed E-state index contributed by atoms with van der Waals surface area (Å²) in [6.45, 7) is 4.39. The van der Waals surface area contributed by atoms with Gasteiger partial charge < -0.3 is 15.0 Å². The standard InChI is InChI=1S/C16H31N7O3S/c1-4-17-16(22(2)12-15-19-13-20-23(15)3)18-8-10-27(24,25)21-11-14-7-5-6-9-26-14/h13-14,21H,4-12H2,1-3H3,(H,17,18). The minimum absolute atomic E-state index is 0.0214. The first-order valence-electron chi connectivity index (χ1n) is 9.32. The Morgan fingerprint density at radius 3 is 2.93 bits per heavy atom. The molecular weight excluding hydrogens is 370 g/mol. The summed E-state index contributed by atoms with van der Waals surface area (Å²) in [6.07, 6.45) is 4.51. The fraction of sp³-hybridized carbons (Fsp3) is 0.812. The molecule has 1 aliphatic heterocycles. The molecule has 1 aromatic rings. The van der Waals surface area contributed by atoms with Crippen LogP contribution in [0.5, 0.6) is 0 Å². The van der Waals surface area contributed by atoms with Gasteiger partial charge in [-0.15, -0.1) is 0 Å². The molecule has 1 atom stereocenters. The van der Waals surface area contributed by atoms with Crippen molar-refractivity contribution in [3.05, 3.63) is 12.2 Å². The van der Waals surface area contributed by atoms with Crippen LogP contribution in [-0.4, -0.2) is 79.2 Å². The van der Waals surface area contributed by atoms with E-state index in [4.69, 9.17) is 4.74 Å². The molecule has 0 aliphatic carbocycles. The van der Waals surface area contributed by atoms with E-state index in [1.807, 2.05) is 25.9 Å². The maximum Gasteiger partial charge on any atom is 0.213 e. The first kappa shape index (κ1) is 21.6. The zero-order chi connectivity index (χ0) is 19.7. The Balaban J connectivity index is 1.84. The molecule has 0 amide bonds. The molecule has 154 valence electrons. The number of hydrogen-bond acceptors (Lipinski definition) is 6. The van der Waals surface area contributed by atoms with Crippen molar-refractivity contribution in [3.63, 3.8) is 0 Å². The molecule has 2 heterocycles. The van der Waals surface area contributed by atoms with Gasteiger partial charge in [0.2, 0.25) is 10.0 Å². The van der Waals surface area contributed by atoms with Crippen molar-refractivity contribution < 1.29 is 13.2 Å². The molecule has 27 heavy (non-hydrogen) atoms. The number of sulfonamides is 1. The van der Waals surface area contributed by atoms with E-state index in [-0.39, 0.29) is 18.4 Å². The molecule has 1 aromatic heterocycles. The number of nitrogens with one attached hydrogen (secondary N) is 2. The molecule has 1 aliphatic rings. The Kier molecular flexibility index (Phi) is 8.45. The number of hydrogen-bond donors (Lipinski definition) is 2. The van der Waals surface area contributed by atoms with Gasteiger partial charge in [0, 0.05) is 33.8 Å². The Morgan fingerprint density at radius 2 is 2.30 bits per heavy atom. The van der Waals surface area contributed by atoms with Gasteiger partial charge in [-0.25, -0.2) is 18.1 Å². The maximum atomic E-state index is 12.2. The fourth-order valence-electron chi connectivity index (χ4n) is 2.75. The highest BCUT2D eigenvalue weighted by Gasteiger charge is 2.18. The Labute approximate surface area is 161 Å². The molecule has 0 spiro atoms. The summed E-state index contributed by atoms with van der Waals surface area (Å²) in [7, 11) is 0.322. The van der Waals surface area contributed by atoms with Crippen LogP contribution < -0.4 is 10.0 Å². The van der Waals surface area contributed by atoms with Crippen LogP contribution in [0.2, 0.25) is 0 Å². The topological polar surface area (TPSA) is 114 Å². The number of nitrogens with zero attached hydrogens (tertiary/aromatic N) is 5. The average Bonchev–Trinajstić information content (AvgIpc) is 3.05. The van der Waals surface area contributed by atoms with Gasteiger partial charge in [-0.2, -0.15) is 5.10 Å². The van der Waals surface area contributed by atoms with Crippen LogP contribution in [0.25, 0.3) is 0 Å². The number of aliphatic imine (C=N–C) groups is 1. The van der Waals surface area contributed by atoms with E-state index >= 15 is 0 Å². The quantitative estimate of drug-likeness (QED) is 0.431. The third-order valence-electron chi connectivity index (χ3n) is 4.31. The normalized spacial score (nSPS) is 18.5. The zero-order valence-electron chi connectivity index (χ0n) is 16.4. The van der Waals surface area contributed by atoms with E-state index < -0.39 is 10.0 Å². The molecule has 11 heteroatoms. The van der Waals surface area contributed by atoms with Gasteiger partial charge in [-0.1, -0.05) is 0 Å². The van der Waals surface area contributed by atoms with Crippen molar-refractivity contribution in [3.8, 4) is 0 Å². The summed E-state index contributed by atoms with van der Waals surface area (Å²) in [5, 5.41) is 7.22. The minimum atomic E-state index is -3.38. The van der Waals surface area contributed by atoms with Crippen LogP contribution in [0, 0.1) is 0 Å². The monoisotopic (exact) mass is 401 g/mol. The lowest BCUT2D eigenvalue weighted by Gasteiger charge is -2.23. The number of ether oxygens (including phenoxy) is 1. The number of aromatic nitrogens is 3. The van der Waals surface area contributed by atoms with Gasteiger partial charge in [0.1, 0.15) is 12.2 Å². The zero-order valence-corrected chi connectivity index (χ0v) is 17.2. The molecule has 0 aromatic carbocycles. The molecular formula is C16H31N7O3S. The molecule has 1 saturated heterocycles. The van der Waals surface area contributed by atoms with E-state index in [2.05, 4.69) is 25.1 Å². The smallest absolute Gasteiger partial charge is 0.213 e. The van der Waals surface area contributed by atoms with Crippen molar-refractivity contribution >= 4 is 16.0 Å². The summed E-state index contributed by atoms with van der Waals surface area (Å²) in [6, 6.07) is 0. The largest absolute Gasteiger partial charge is 0.377 e. The lowest BCUT2D eigenvalue weighted by atomic mass is 10.1. The summed E-state index contributed by atoms with van der Waals surface area (Å²) in [5.74, 6) is 1.36. The van der Waals surface area contributed by atoms with Crippen LogP contribution in [0.3, 0.4) is 0 Å². The number of aryl methyl sites for hydroxylation is 1. The van der Waals surface area contributed by atoms with Gasteiger partial charge in [0.15, 0.2) is 5.96 Å². The Bertz CT molecular complexity index is 699. The first-order valence-corrected chi connectivity index (χ1v) is 11.0. The second kappa shape index (κ2) is 10.6. The molecule has 2 rings (SSSR count). The molecule has 0 bridgehead atoms. The van der Waals surface area contributed by atoms with Crippen LogP contribution >= 0.6 is 0 Å². The highest BCUT2D eigenvalue weighted by molar-refractivity contribution is 7.89. The van der Waals surface area contributed by atoms with Crippen LogP contribution in [0.15, 0.2) is 11.3 Å². The summed E-state index contributed by atoms with van der Waals surface area (Å²) < 4.78 is 34.3. The number of rotatable bonds is 9. The predicted molar refractivity (Wildman–Crippen MR) is 104 cm³/mol. The van der Waals surface area contributed by atoms with Crippen LogP contribution in [0.1, 0.15) is 32.0 Å². The van der Waals surface area contributed by atoms with Gasteiger partial charge in [0.25, 0.3) is 0 Å². The lowest BCUT2D eigenvalue weighted by Crippen LogP contribution is -2.40. The lowest BCUT2D eigenvalue weighted by molar-refractivity contribution is 0.0200. The minimum Gasteiger partial charge on any atom is -0.377 e. The highest BCUT2D eigenvalue weighted by atomic mass is 32.2. The van der Waals surface area contributed by atoms with Crippen molar-refractivity contribution in [2.24, 2.45) is 12.0 Å². The van der Waals surface area contributed by atoms with Crippen LogP contribution in [-0.2, 0) is 28.4 Å². The average molecular weight is 402 g/mol. The van der Waals surface area contributed by atoms with E-state index in [1.165, 1.54) is 6.33 Å².